The Morgan fingerprint density at radius 2 is 1.89 bits per heavy atom. The summed E-state index contributed by atoms with van der Waals surface area (Å²) in [5.41, 5.74) is 6.45. The fourth-order valence-electron chi connectivity index (χ4n) is 1.70. The molecule has 0 fully saturated rings. The van der Waals surface area contributed by atoms with Crippen molar-refractivity contribution < 1.29 is 13.5 Å². The molecule has 0 heterocycles. The smallest absolute Gasteiger partial charge is 0.243 e. The quantitative estimate of drug-likeness (QED) is 0.742. The maximum atomic E-state index is 12.2. The van der Waals surface area contributed by atoms with E-state index in [2.05, 4.69) is 0 Å². The summed E-state index contributed by atoms with van der Waals surface area (Å²) < 4.78 is 25.7. The van der Waals surface area contributed by atoms with Crippen molar-refractivity contribution in [3.05, 3.63) is 29.8 Å². The number of aliphatic hydroxyl groups excluding tert-OH is 1. The molecular weight excluding hydrogens is 252 g/mol. The van der Waals surface area contributed by atoms with Crippen LogP contribution in [0, 0.1) is 0 Å². The molecular formula is C12H20N2O3S. The lowest BCUT2D eigenvalue weighted by Gasteiger charge is -2.19. The second-order valence-corrected chi connectivity index (χ2v) is 5.84. The van der Waals surface area contributed by atoms with Gasteiger partial charge >= 0.3 is 0 Å². The first-order valence-corrected chi connectivity index (χ1v) is 7.40. The number of nitrogens with zero attached hydrogens (tertiary/aromatic N) is 1. The molecule has 0 aliphatic rings. The van der Waals surface area contributed by atoms with Gasteiger partial charge in [-0.2, -0.15) is 4.31 Å². The number of rotatable bonds is 7. The number of hydrogen-bond acceptors (Lipinski definition) is 4. The van der Waals surface area contributed by atoms with Crippen LogP contribution >= 0.6 is 0 Å². The average molecular weight is 272 g/mol. The van der Waals surface area contributed by atoms with Crippen molar-refractivity contribution in [2.45, 2.75) is 18.2 Å². The topological polar surface area (TPSA) is 83.6 Å². The molecule has 0 radical (unpaired) electrons. The normalized spacial score (nSPS) is 12.0. The van der Waals surface area contributed by atoms with E-state index in [1.54, 1.807) is 31.2 Å². The van der Waals surface area contributed by atoms with Crippen LogP contribution in [0.3, 0.4) is 0 Å². The van der Waals surface area contributed by atoms with Crippen LogP contribution in [-0.4, -0.2) is 44.1 Å². The van der Waals surface area contributed by atoms with Crippen molar-refractivity contribution in [1.29, 1.82) is 0 Å². The Labute approximate surface area is 108 Å². The van der Waals surface area contributed by atoms with Gasteiger partial charge in [-0.1, -0.05) is 19.1 Å². The molecule has 0 saturated heterocycles. The lowest BCUT2D eigenvalue weighted by atomic mass is 10.2. The molecule has 3 N–H and O–H groups in total. The van der Waals surface area contributed by atoms with Gasteiger partial charge in [0.2, 0.25) is 10.0 Å². The largest absolute Gasteiger partial charge is 0.395 e. The highest BCUT2D eigenvalue weighted by Crippen LogP contribution is 2.16. The Bertz CT molecular complexity index is 457. The predicted octanol–water partition coefficient (Wildman–Crippen LogP) is 0.191. The molecule has 18 heavy (non-hydrogen) atoms. The van der Waals surface area contributed by atoms with E-state index >= 15 is 0 Å². The summed E-state index contributed by atoms with van der Waals surface area (Å²) in [6.07, 6.45) is 0.731. The summed E-state index contributed by atoms with van der Waals surface area (Å²) in [4.78, 5) is 0.249. The van der Waals surface area contributed by atoms with Crippen LogP contribution in [-0.2, 0) is 16.4 Å². The van der Waals surface area contributed by atoms with Gasteiger partial charge < -0.3 is 10.8 Å². The number of aliphatic hydroxyl groups is 1. The molecule has 0 aliphatic heterocycles. The molecule has 0 bridgehead atoms. The van der Waals surface area contributed by atoms with E-state index in [0.29, 0.717) is 13.1 Å². The number of nitrogens with two attached hydrogens (primary N) is 1. The van der Waals surface area contributed by atoms with Crippen LogP contribution in [0.1, 0.15) is 12.5 Å². The van der Waals surface area contributed by atoms with Crippen molar-refractivity contribution in [1.82, 2.24) is 4.31 Å². The molecule has 0 atom stereocenters. The molecule has 1 rings (SSSR count). The molecule has 0 aromatic heterocycles. The third-order valence-electron chi connectivity index (χ3n) is 2.70. The van der Waals surface area contributed by atoms with Gasteiger partial charge in [-0.15, -0.1) is 0 Å². The summed E-state index contributed by atoms with van der Waals surface area (Å²) >= 11 is 0. The zero-order chi connectivity index (χ0) is 13.6. The highest BCUT2D eigenvalue weighted by Gasteiger charge is 2.22. The van der Waals surface area contributed by atoms with Crippen LogP contribution in [0.2, 0.25) is 0 Å². The lowest BCUT2D eigenvalue weighted by Crippen LogP contribution is -2.33. The molecule has 0 amide bonds. The summed E-state index contributed by atoms with van der Waals surface area (Å²) in [5.74, 6) is 0. The summed E-state index contributed by atoms with van der Waals surface area (Å²) in [6, 6.07) is 6.71. The summed E-state index contributed by atoms with van der Waals surface area (Å²) in [5, 5.41) is 8.87. The predicted molar refractivity (Wildman–Crippen MR) is 70.7 cm³/mol. The van der Waals surface area contributed by atoms with Gasteiger partial charge in [0.15, 0.2) is 0 Å². The number of benzene rings is 1. The maximum Gasteiger partial charge on any atom is 0.243 e. The van der Waals surface area contributed by atoms with Gasteiger partial charge in [-0.3, -0.25) is 0 Å². The number of sulfonamides is 1. The third-order valence-corrected chi connectivity index (χ3v) is 4.68. The second kappa shape index (κ2) is 6.84. The van der Waals surface area contributed by atoms with E-state index in [4.69, 9.17) is 10.8 Å². The fraction of sp³-hybridized carbons (Fsp3) is 0.500. The van der Waals surface area contributed by atoms with E-state index in [9.17, 15) is 8.42 Å². The molecule has 0 spiro atoms. The summed E-state index contributed by atoms with van der Waals surface area (Å²) in [7, 11) is -3.50. The molecule has 5 nitrogen and oxygen atoms in total. The Kier molecular flexibility index (Phi) is 5.74. The molecule has 1 aromatic carbocycles. The third kappa shape index (κ3) is 3.52. The molecule has 6 heteroatoms. The van der Waals surface area contributed by atoms with Crippen molar-refractivity contribution in [2.75, 3.05) is 26.2 Å². The Morgan fingerprint density at radius 3 is 2.33 bits per heavy atom. The Morgan fingerprint density at radius 1 is 1.28 bits per heavy atom. The molecule has 102 valence electrons. The van der Waals surface area contributed by atoms with Crippen LogP contribution in [0.5, 0.6) is 0 Å². The molecule has 1 aromatic rings. The first kappa shape index (κ1) is 15.1. The standard InChI is InChI=1S/C12H20N2O3S/c1-2-14(9-10-15)18(16,17)12-5-3-11(4-6-12)7-8-13/h3-6,15H,2,7-10,13H2,1H3. The van der Waals surface area contributed by atoms with Gasteiger partial charge in [0.25, 0.3) is 0 Å². The SMILES string of the molecule is CCN(CCO)S(=O)(=O)c1ccc(CCN)cc1. The van der Waals surface area contributed by atoms with Crippen LogP contribution < -0.4 is 5.73 Å². The minimum atomic E-state index is -3.50. The first-order chi connectivity index (χ1) is 8.56. The second-order valence-electron chi connectivity index (χ2n) is 3.90. The molecule has 0 unspecified atom stereocenters. The van der Waals surface area contributed by atoms with E-state index in [1.165, 1.54) is 4.31 Å². The zero-order valence-electron chi connectivity index (χ0n) is 10.5. The van der Waals surface area contributed by atoms with Gasteiger partial charge in [-0.25, -0.2) is 8.42 Å². The van der Waals surface area contributed by atoms with Crippen molar-refractivity contribution in [3.63, 3.8) is 0 Å². The van der Waals surface area contributed by atoms with Gasteiger partial charge in [-0.05, 0) is 30.7 Å². The van der Waals surface area contributed by atoms with Crippen LogP contribution in [0.25, 0.3) is 0 Å². The van der Waals surface area contributed by atoms with Crippen molar-refractivity contribution in [2.24, 2.45) is 5.73 Å². The van der Waals surface area contributed by atoms with Gasteiger partial charge in [0.1, 0.15) is 0 Å². The number of hydrogen-bond donors (Lipinski definition) is 2. The molecule has 0 saturated carbocycles. The summed E-state index contributed by atoms with van der Waals surface area (Å²) in [6.45, 7) is 2.56. The highest BCUT2D eigenvalue weighted by atomic mass is 32.2. The van der Waals surface area contributed by atoms with E-state index in [-0.39, 0.29) is 18.0 Å². The fourth-order valence-corrected chi connectivity index (χ4v) is 3.14. The monoisotopic (exact) mass is 272 g/mol. The van der Waals surface area contributed by atoms with Gasteiger partial charge in [0.05, 0.1) is 11.5 Å². The Hall–Kier alpha value is -0.950. The maximum absolute atomic E-state index is 12.2. The first-order valence-electron chi connectivity index (χ1n) is 5.96. The van der Waals surface area contributed by atoms with Crippen LogP contribution in [0.15, 0.2) is 29.2 Å². The van der Waals surface area contributed by atoms with E-state index in [0.717, 1.165) is 12.0 Å². The van der Waals surface area contributed by atoms with Crippen molar-refractivity contribution in [3.8, 4) is 0 Å². The van der Waals surface area contributed by atoms with Crippen LogP contribution in [0.4, 0.5) is 0 Å². The van der Waals surface area contributed by atoms with Gasteiger partial charge in [0, 0.05) is 13.1 Å². The van der Waals surface area contributed by atoms with E-state index in [1.807, 2.05) is 0 Å². The number of likely N-dealkylation sites (N-methyl/N-ethyl adjacent to an activating group) is 1. The zero-order valence-corrected chi connectivity index (χ0v) is 11.4. The van der Waals surface area contributed by atoms with E-state index < -0.39 is 10.0 Å². The minimum Gasteiger partial charge on any atom is -0.395 e. The Balaban J connectivity index is 2.97. The average Bonchev–Trinajstić information content (AvgIpc) is 2.36. The highest BCUT2D eigenvalue weighted by molar-refractivity contribution is 7.89. The molecule has 0 aliphatic carbocycles. The van der Waals surface area contributed by atoms with Crippen molar-refractivity contribution >= 4 is 10.0 Å². The minimum absolute atomic E-state index is 0.114. The lowest BCUT2D eigenvalue weighted by molar-refractivity contribution is 0.257.